The Kier molecular flexibility index (Phi) is 4.64. The number of rotatable bonds is 5. The highest BCUT2D eigenvalue weighted by Gasteiger charge is 2.17. The first kappa shape index (κ1) is 17.3. The van der Waals surface area contributed by atoms with E-state index >= 15 is 0 Å². The summed E-state index contributed by atoms with van der Waals surface area (Å²) in [5.41, 5.74) is 7.78. The molecule has 6 heteroatoms. The molecule has 136 valence electrons. The van der Waals surface area contributed by atoms with Crippen LogP contribution >= 0.6 is 0 Å². The average molecular weight is 359 g/mol. The van der Waals surface area contributed by atoms with E-state index in [1.54, 1.807) is 19.5 Å². The van der Waals surface area contributed by atoms with Crippen LogP contribution in [0.3, 0.4) is 0 Å². The van der Waals surface area contributed by atoms with Crippen molar-refractivity contribution in [1.29, 1.82) is 0 Å². The van der Waals surface area contributed by atoms with Gasteiger partial charge in [0.2, 0.25) is 0 Å². The Bertz CT molecular complexity index is 1070. The second-order valence-corrected chi connectivity index (χ2v) is 6.50. The summed E-state index contributed by atoms with van der Waals surface area (Å²) in [6.45, 7) is 4.67. The largest absolute Gasteiger partial charge is 0.384 e. The van der Waals surface area contributed by atoms with Crippen molar-refractivity contribution in [3.63, 3.8) is 0 Å². The molecule has 0 N–H and O–H groups in total. The van der Waals surface area contributed by atoms with Crippen LogP contribution < -0.4 is 0 Å². The number of hydrogen-bond acceptors (Lipinski definition) is 5. The fourth-order valence-corrected chi connectivity index (χ4v) is 3.24. The molecule has 0 saturated heterocycles. The Morgan fingerprint density at radius 3 is 2.56 bits per heavy atom. The zero-order chi connectivity index (χ0) is 18.8. The Morgan fingerprint density at radius 2 is 1.85 bits per heavy atom. The van der Waals surface area contributed by atoms with E-state index in [1.165, 1.54) is 0 Å². The Labute approximate surface area is 157 Å². The Morgan fingerprint density at radius 1 is 1.04 bits per heavy atom. The summed E-state index contributed by atoms with van der Waals surface area (Å²) in [4.78, 5) is 13.5. The highest BCUT2D eigenvalue weighted by molar-refractivity contribution is 5.80. The summed E-state index contributed by atoms with van der Waals surface area (Å²) < 4.78 is 7.05. The SMILES string of the molecule is COCCc1ccc(-c2c(C)nc3c(-c4ccncc4)cc(C)nn23)cn1. The quantitative estimate of drug-likeness (QED) is 0.544. The molecule has 0 radical (unpaired) electrons. The van der Waals surface area contributed by atoms with Gasteiger partial charge in [-0.25, -0.2) is 9.50 Å². The van der Waals surface area contributed by atoms with Crippen molar-refractivity contribution in [3.05, 3.63) is 66.0 Å². The van der Waals surface area contributed by atoms with E-state index in [2.05, 4.69) is 22.1 Å². The fourth-order valence-electron chi connectivity index (χ4n) is 3.24. The molecule has 0 fully saturated rings. The van der Waals surface area contributed by atoms with Gasteiger partial charge in [-0.15, -0.1) is 0 Å². The molecule has 0 aliphatic heterocycles. The second-order valence-electron chi connectivity index (χ2n) is 6.50. The molecule has 0 aliphatic carbocycles. The molecule has 0 saturated carbocycles. The fraction of sp³-hybridized carbons (Fsp3) is 0.238. The van der Waals surface area contributed by atoms with Gasteiger partial charge < -0.3 is 4.74 Å². The van der Waals surface area contributed by atoms with Crippen LogP contribution in [0.4, 0.5) is 0 Å². The van der Waals surface area contributed by atoms with E-state index < -0.39 is 0 Å². The molecule has 0 amide bonds. The molecule has 4 heterocycles. The summed E-state index contributed by atoms with van der Waals surface area (Å²) in [6, 6.07) is 10.2. The van der Waals surface area contributed by atoms with Crippen molar-refractivity contribution in [2.45, 2.75) is 20.3 Å². The minimum Gasteiger partial charge on any atom is -0.384 e. The van der Waals surface area contributed by atoms with Gasteiger partial charge in [0.05, 0.1) is 23.7 Å². The van der Waals surface area contributed by atoms with Gasteiger partial charge in [-0.2, -0.15) is 5.10 Å². The molecule has 6 nitrogen and oxygen atoms in total. The van der Waals surface area contributed by atoms with Crippen molar-refractivity contribution >= 4 is 5.65 Å². The molecule has 4 aromatic rings. The van der Waals surface area contributed by atoms with E-state index in [0.29, 0.717) is 6.61 Å². The molecule has 4 rings (SSSR count). The number of pyridine rings is 2. The van der Waals surface area contributed by atoms with Crippen LogP contribution in [0.25, 0.3) is 28.0 Å². The van der Waals surface area contributed by atoms with Crippen molar-refractivity contribution in [1.82, 2.24) is 24.6 Å². The standard InChI is InChI=1S/C21H21N5O/c1-14-12-19(16-6-9-22-10-7-16)21-24-15(2)20(26(21)25-14)17-4-5-18(23-13-17)8-11-27-3/h4-7,9-10,12-13H,8,11H2,1-3H3. The van der Waals surface area contributed by atoms with Gasteiger partial charge in [-0.1, -0.05) is 0 Å². The molecule has 4 aromatic heterocycles. The number of hydrogen-bond donors (Lipinski definition) is 0. The van der Waals surface area contributed by atoms with E-state index in [9.17, 15) is 0 Å². The van der Waals surface area contributed by atoms with Crippen LogP contribution in [0.5, 0.6) is 0 Å². The van der Waals surface area contributed by atoms with Crippen molar-refractivity contribution in [2.75, 3.05) is 13.7 Å². The number of fused-ring (bicyclic) bond motifs is 1. The summed E-state index contributed by atoms with van der Waals surface area (Å²) in [5, 5.41) is 4.72. The van der Waals surface area contributed by atoms with Gasteiger partial charge in [-0.05, 0) is 49.7 Å². The van der Waals surface area contributed by atoms with Gasteiger partial charge in [0.1, 0.15) is 0 Å². The van der Waals surface area contributed by atoms with E-state index in [-0.39, 0.29) is 0 Å². The molecular weight excluding hydrogens is 338 g/mol. The van der Waals surface area contributed by atoms with Crippen molar-refractivity contribution in [2.24, 2.45) is 0 Å². The monoisotopic (exact) mass is 359 g/mol. The van der Waals surface area contributed by atoms with Gasteiger partial charge in [0, 0.05) is 48.9 Å². The lowest BCUT2D eigenvalue weighted by molar-refractivity contribution is 0.201. The summed E-state index contributed by atoms with van der Waals surface area (Å²) in [6.07, 6.45) is 6.27. The van der Waals surface area contributed by atoms with Crippen LogP contribution in [-0.2, 0) is 11.2 Å². The third-order valence-electron chi connectivity index (χ3n) is 4.53. The number of imidazole rings is 1. The first-order valence-corrected chi connectivity index (χ1v) is 8.89. The molecular formula is C21H21N5O. The zero-order valence-electron chi connectivity index (χ0n) is 15.7. The lowest BCUT2D eigenvalue weighted by Crippen LogP contribution is -2.01. The van der Waals surface area contributed by atoms with Crippen molar-refractivity contribution in [3.8, 4) is 22.4 Å². The first-order chi connectivity index (χ1) is 13.2. The molecule has 0 aliphatic rings. The highest BCUT2D eigenvalue weighted by atomic mass is 16.5. The molecule has 0 atom stereocenters. The van der Waals surface area contributed by atoms with Gasteiger partial charge in [0.15, 0.2) is 5.65 Å². The molecule has 27 heavy (non-hydrogen) atoms. The topological polar surface area (TPSA) is 65.2 Å². The summed E-state index contributed by atoms with van der Waals surface area (Å²) in [5.74, 6) is 0. The van der Waals surface area contributed by atoms with Crippen LogP contribution in [-0.4, -0.2) is 38.3 Å². The van der Waals surface area contributed by atoms with E-state index in [4.69, 9.17) is 14.8 Å². The summed E-state index contributed by atoms with van der Waals surface area (Å²) >= 11 is 0. The average Bonchev–Trinajstić information content (AvgIpc) is 3.02. The predicted molar refractivity (Wildman–Crippen MR) is 105 cm³/mol. The van der Waals surface area contributed by atoms with Crippen LogP contribution in [0.1, 0.15) is 17.1 Å². The Balaban J connectivity index is 1.85. The molecule has 0 spiro atoms. The smallest absolute Gasteiger partial charge is 0.162 e. The molecule has 0 bridgehead atoms. The van der Waals surface area contributed by atoms with Crippen molar-refractivity contribution < 1.29 is 4.74 Å². The van der Waals surface area contributed by atoms with Gasteiger partial charge >= 0.3 is 0 Å². The van der Waals surface area contributed by atoms with Crippen LogP contribution in [0.15, 0.2) is 48.9 Å². The van der Waals surface area contributed by atoms with E-state index in [1.807, 2.05) is 42.8 Å². The van der Waals surface area contributed by atoms with Gasteiger partial charge in [0.25, 0.3) is 0 Å². The molecule has 0 aromatic carbocycles. The number of aryl methyl sites for hydroxylation is 2. The molecule has 0 unspecified atom stereocenters. The summed E-state index contributed by atoms with van der Waals surface area (Å²) in [7, 11) is 1.70. The minimum atomic E-state index is 0.664. The highest BCUT2D eigenvalue weighted by Crippen LogP contribution is 2.30. The minimum absolute atomic E-state index is 0.664. The number of aromatic nitrogens is 5. The van der Waals surface area contributed by atoms with E-state index in [0.717, 1.165) is 51.5 Å². The maximum atomic E-state index is 5.12. The normalized spacial score (nSPS) is 11.2. The predicted octanol–water partition coefficient (Wildman–Crippen LogP) is 3.66. The third kappa shape index (κ3) is 3.31. The maximum Gasteiger partial charge on any atom is 0.162 e. The Hall–Kier alpha value is -3.12. The number of methoxy groups -OCH3 is 1. The second kappa shape index (κ2) is 7.25. The first-order valence-electron chi connectivity index (χ1n) is 8.89. The lowest BCUT2D eigenvalue weighted by Gasteiger charge is -2.08. The van der Waals surface area contributed by atoms with Gasteiger partial charge in [-0.3, -0.25) is 9.97 Å². The van der Waals surface area contributed by atoms with Crippen LogP contribution in [0.2, 0.25) is 0 Å². The lowest BCUT2D eigenvalue weighted by atomic mass is 10.1. The van der Waals surface area contributed by atoms with Crippen LogP contribution in [0, 0.1) is 13.8 Å². The maximum absolute atomic E-state index is 5.12. The number of ether oxygens (including phenoxy) is 1. The third-order valence-corrected chi connectivity index (χ3v) is 4.53. The number of nitrogens with zero attached hydrogens (tertiary/aromatic N) is 5. The zero-order valence-corrected chi connectivity index (χ0v) is 15.7.